The monoisotopic (exact) mass is 345 g/mol. The number of hydrogen-bond acceptors (Lipinski definition) is 3. The fourth-order valence-electron chi connectivity index (χ4n) is 1.42. The first kappa shape index (κ1) is 17.0. The lowest BCUT2D eigenvalue weighted by atomic mass is 10.1. The van der Waals surface area contributed by atoms with Crippen LogP contribution in [0.5, 0.6) is 0 Å². The summed E-state index contributed by atoms with van der Waals surface area (Å²) >= 11 is 5.31. The number of thioether (sulfide) groups is 1. The first-order valence-corrected chi connectivity index (χ1v) is 8.24. The van der Waals surface area contributed by atoms with Gasteiger partial charge in [-0.3, -0.25) is 0 Å². The van der Waals surface area contributed by atoms with E-state index in [1.807, 2.05) is 13.8 Å². The van der Waals surface area contributed by atoms with Gasteiger partial charge in [0.2, 0.25) is 0 Å². The largest absolute Gasteiger partial charge is 0.392 e. The van der Waals surface area contributed by atoms with Gasteiger partial charge in [-0.25, -0.2) is 0 Å². The lowest BCUT2D eigenvalue weighted by Crippen LogP contribution is -2.35. The maximum absolute atomic E-state index is 9.56. The van der Waals surface area contributed by atoms with Gasteiger partial charge >= 0.3 is 0 Å². The highest BCUT2D eigenvalue weighted by atomic mass is 79.9. The normalized spacial score (nSPS) is 15.3. The molecule has 0 bridgehead atoms. The van der Waals surface area contributed by atoms with E-state index in [1.165, 1.54) is 10.5 Å². The van der Waals surface area contributed by atoms with Crippen LogP contribution in [0.25, 0.3) is 0 Å². The Kier molecular flexibility index (Phi) is 6.37. The Labute approximate surface area is 129 Å². The van der Waals surface area contributed by atoms with Crippen molar-refractivity contribution in [3.63, 3.8) is 0 Å². The summed E-state index contributed by atoms with van der Waals surface area (Å²) in [5, 5.41) is 13.2. The van der Waals surface area contributed by atoms with Crippen molar-refractivity contribution < 1.29 is 5.11 Å². The molecule has 2 N–H and O–H groups in total. The Bertz CT molecular complexity index is 415. The van der Waals surface area contributed by atoms with Crippen LogP contribution in [0.4, 0.5) is 0 Å². The number of aliphatic hydroxyl groups is 1. The molecule has 0 fully saturated rings. The molecule has 0 saturated heterocycles. The molecular formula is C15H24BrNOS. The van der Waals surface area contributed by atoms with Crippen molar-refractivity contribution in [1.29, 1.82) is 0 Å². The zero-order chi connectivity index (χ0) is 14.6. The van der Waals surface area contributed by atoms with Crippen molar-refractivity contribution in [2.75, 3.05) is 0 Å². The van der Waals surface area contributed by atoms with Crippen molar-refractivity contribution in [2.45, 2.75) is 63.0 Å². The molecule has 19 heavy (non-hydrogen) atoms. The summed E-state index contributed by atoms with van der Waals surface area (Å²) in [5.41, 5.74) is 1.39. The average molecular weight is 346 g/mol. The van der Waals surface area contributed by atoms with E-state index in [0.717, 1.165) is 11.0 Å². The van der Waals surface area contributed by atoms with Gasteiger partial charge in [-0.2, -0.15) is 0 Å². The van der Waals surface area contributed by atoms with Gasteiger partial charge in [0.15, 0.2) is 0 Å². The smallest absolute Gasteiger partial charge is 0.0631 e. The number of nitrogens with one attached hydrogen (secondary N) is 1. The van der Waals surface area contributed by atoms with E-state index in [9.17, 15) is 5.11 Å². The number of halogens is 1. The second-order valence-electron chi connectivity index (χ2n) is 5.93. The van der Waals surface area contributed by atoms with Crippen LogP contribution >= 0.6 is 27.7 Å². The SMILES string of the molecule is CC(O)C(C)Sc1ccc(CNC(C)(C)C)cc1Br. The van der Waals surface area contributed by atoms with E-state index in [-0.39, 0.29) is 16.9 Å². The Hall–Kier alpha value is -0.0300. The summed E-state index contributed by atoms with van der Waals surface area (Å²) < 4.78 is 1.10. The van der Waals surface area contributed by atoms with Crippen molar-refractivity contribution in [1.82, 2.24) is 5.32 Å². The molecule has 0 heterocycles. The second kappa shape index (κ2) is 7.11. The maximum Gasteiger partial charge on any atom is 0.0631 e. The van der Waals surface area contributed by atoms with Crippen LogP contribution in [-0.4, -0.2) is 22.0 Å². The van der Waals surface area contributed by atoms with Crippen LogP contribution in [0.15, 0.2) is 27.6 Å². The zero-order valence-electron chi connectivity index (χ0n) is 12.3. The van der Waals surface area contributed by atoms with Crippen LogP contribution in [0.3, 0.4) is 0 Å². The molecule has 0 aliphatic carbocycles. The zero-order valence-corrected chi connectivity index (χ0v) is 14.7. The number of benzene rings is 1. The third kappa shape index (κ3) is 6.30. The second-order valence-corrected chi connectivity index (χ2v) is 8.21. The van der Waals surface area contributed by atoms with Gasteiger partial charge in [-0.05, 0) is 61.3 Å². The summed E-state index contributed by atoms with van der Waals surface area (Å²) in [5.74, 6) is 0. The molecule has 2 unspecified atom stereocenters. The number of hydrogen-bond donors (Lipinski definition) is 2. The van der Waals surface area contributed by atoms with E-state index in [4.69, 9.17) is 0 Å². The number of aliphatic hydroxyl groups excluding tert-OH is 1. The Morgan fingerprint density at radius 1 is 1.32 bits per heavy atom. The topological polar surface area (TPSA) is 32.3 Å². The van der Waals surface area contributed by atoms with Gasteiger partial charge in [0.25, 0.3) is 0 Å². The molecule has 1 aromatic carbocycles. The molecule has 0 aliphatic rings. The minimum absolute atomic E-state index is 0.126. The molecule has 0 saturated carbocycles. The Morgan fingerprint density at radius 3 is 2.42 bits per heavy atom. The van der Waals surface area contributed by atoms with E-state index in [0.29, 0.717) is 0 Å². The summed E-state index contributed by atoms with van der Waals surface area (Å²) in [4.78, 5) is 1.17. The summed E-state index contributed by atoms with van der Waals surface area (Å²) in [7, 11) is 0. The van der Waals surface area contributed by atoms with Gasteiger partial charge < -0.3 is 10.4 Å². The third-order valence-electron chi connectivity index (χ3n) is 2.81. The molecule has 0 aliphatic heterocycles. The van der Waals surface area contributed by atoms with E-state index in [2.05, 4.69) is 60.2 Å². The predicted molar refractivity (Wildman–Crippen MR) is 87.7 cm³/mol. The van der Waals surface area contributed by atoms with Gasteiger partial charge in [-0.1, -0.05) is 13.0 Å². The van der Waals surface area contributed by atoms with Crippen molar-refractivity contribution in [2.24, 2.45) is 0 Å². The molecule has 108 valence electrons. The molecule has 2 nitrogen and oxygen atoms in total. The molecule has 1 rings (SSSR count). The molecule has 0 amide bonds. The first-order valence-electron chi connectivity index (χ1n) is 6.57. The molecule has 0 aromatic heterocycles. The van der Waals surface area contributed by atoms with Gasteiger partial charge in [0.05, 0.1) is 6.10 Å². The van der Waals surface area contributed by atoms with Gasteiger partial charge in [0.1, 0.15) is 0 Å². The van der Waals surface area contributed by atoms with Crippen LogP contribution in [0, 0.1) is 0 Å². The van der Waals surface area contributed by atoms with Gasteiger partial charge in [-0.15, -0.1) is 11.8 Å². The highest BCUT2D eigenvalue weighted by Crippen LogP contribution is 2.32. The van der Waals surface area contributed by atoms with Crippen LogP contribution < -0.4 is 5.32 Å². The molecule has 4 heteroatoms. The van der Waals surface area contributed by atoms with E-state index < -0.39 is 0 Å². The van der Waals surface area contributed by atoms with Crippen molar-refractivity contribution in [3.8, 4) is 0 Å². The van der Waals surface area contributed by atoms with Crippen molar-refractivity contribution >= 4 is 27.7 Å². The van der Waals surface area contributed by atoms with Crippen LogP contribution in [0.2, 0.25) is 0 Å². The fraction of sp³-hybridized carbons (Fsp3) is 0.600. The summed E-state index contributed by atoms with van der Waals surface area (Å²) in [6.45, 7) is 11.2. The lowest BCUT2D eigenvalue weighted by molar-refractivity contribution is 0.196. The van der Waals surface area contributed by atoms with Gasteiger partial charge in [0, 0.05) is 26.7 Å². The standard InChI is InChI=1S/C15H24BrNOS/c1-10(18)11(2)19-14-7-6-12(8-13(14)16)9-17-15(3,4)5/h6-8,10-11,17-18H,9H2,1-5H3. The molecular weight excluding hydrogens is 322 g/mol. The molecule has 1 aromatic rings. The summed E-state index contributed by atoms with van der Waals surface area (Å²) in [6.07, 6.45) is -0.306. The average Bonchev–Trinajstić information content (AvgIpc) is 2.28. The van der Waals surface area contributed by atoms with E-state index in [1.54, 1.807) is 11.8 Å². The quantitative estimate of drug-likeness (QED) is 0.784. The minimum Gasteiger partial charge on any atom is -0.392 e. The highest BCUT2D eigenvalue weighted by Gasteiger charge is 2.13. The molecule has 2 atom stereocenters. The maximum atomic E-state index is 9.56. The lowest BCUT2D eigenvalue weighted by Gasteiger charge is -2.21. The third-order valence-corrected chi connectivity index (χ3v) is 5.11. The Morgan fingerprint density at radius 2 is 1.95 bits per heavy atom. The highest BCUT2D eigenvalue weighted by molar-refractivity contribution is 9.10. The number of rotatable bonds is 5. The predicted octanol–water partition coefficient (Wildman–Crippen LogP) is 4.20. The van der Waals surface area contributed by atoms with Crippen LogP contribution in [-0.2, 0) is 6.54 Å². The van der Waals surface area contributed by atoms with Crippen molar-refractivity contribution in [3.05, 3.63) is 28.2 Å². The first-order chi connectivity index (χ1) is 8.69. The van der Waals surface area contributed by atoms with Crippen LogP contribution in [0.1, 0.15) is 40.2 Å². The van der Waals surface area contributed by atoms with E-state index >= 15 is 0 Å². The fourth-order valence-corrected chi connectivity index (χ4v) is 3.04. The summed E-state index contributed by atoms with van der Waals surface area (Å²) in [6, 6.07) is 6.41. The molecule has 0 spiro atoms. The Balaban J connectivity index is 2.69. The minimum atomic E-state index is -0.306. The molecule has 0 radical (unpaired) electrons.